The average molecular weight is 259 g/mol. The highest BCUT2D eigenvalue weighted by Gasteiger charge is 2.40. The standard InChI is InChI=1S/C11H12F3N3O/c12-11(13,14)8-2-1-7(6-16-8)17-9(18)5-10(15)3-4-10/h1-2,6H,3-5,15H2,(H,17,18). The molecule has 0 radical (unpaired) electrons. The predicted octanol–water partition coefficient (Wildman–Crippen LogP) is 1.92. The number of nitrogens with zero attached hydrogens (tertiary/aromatic N) is 1. The Balaban J connectivity index is 1.96. The number of anilines is 1. The number of nitrogens with one attached hydrogen (secondary N) is 1. The summed E-state index contributed by atoms with van der Waals surface area (Å²) in [6, 6.07) is 1.99. The van der Waals surface area contributed by atoms with Crippen LogP contribution >= 0.6 is 0 Å². The molecule has 1 aliphatic carbocycles. The van der Waals surface area contributed by atoms with Crippen LogP contribution in [0.3, 0.4) is 0 Å². The Kier molecular flexibility index (Phi) is 3.02. The molecule has 18 heavy (non-hydrogen) atoms. The molecule has 0 unspecified atom stereocenters. The predicted molar refractivity (Wildman–Crippen MR) is 58.6 cm³/mol. The number of alkyl halides is 3. The summed E-state index contributed by atoms with van der Waals surface area (Å²) < 4.78 is 36.7. The first kappa shape index (κ1) is 12.8. The van der Waals surface area contributed by atoms with Crippen molar-refractivity contribution in [2.24, 2.45) is 5.73 Å². The van der Waals surface area contributed by atoms with Gasteiger partial charge in [0.2, 0.25) is 5.91 Å². The van der Waals surface area contributed by atoms with E-state index in [1.165, 1.54) is 6.07 Å². The molecule has 7 heteroatoms. The number of carbonyl (C=O) groups excluding carboxylic acids is 1. The van der Waals surface area contributed by atoms with Crippen molar-refractivity contribution in [3.05, 3.63) is 24.0 Å². The molecule has 1 amide bonds. The van der Waals surface area contributed by atoms with E-state index in [0.717, 1.165) is 25.1 Å². The number of amides is 1. The fourth-order valence-electron chi connectivity index (χ4n) is 1.50. The number of carbonyl (C=O) groups is 1. The molecule has 1 heterocycles. The van der Waals surface area contributed by atoms with Gasteiger partial charge >= 0.3 is 6.18 Å². The van der Waals surface area contributed by atoms with Crippen LogP contribution in [-0.2, 0) is 11.0 Å². The van der Waals surface area contributed by atoms with Gasteiger partial charge < -0.3 is 11.1 Å². The van der Waals surface area contributed by atoms with E-state index in [4.69, 9.17) is 5.73 Å². The summed E-state index contributed by atoms with van der Waals surface area (Å²) in [4.78, 5) is 14.8. The second kappa shape index (κ2) is 4.24. The van der Waals surface area contributed by atoms with E-state index in [1.54, 1.807) is 0 Å². The van der Waals surface area contributed by atoms with E-state index in [1.807, 2.05) is 0 Å². The van der Waals surface area contributed by atoms with Crippen LogP contribution in [0.5, 0.6) is 0 Å². The summed E-state index contributed by atoms with van der Waals surface area (Å²) in [5.41, 5.74) is 4.58. The molecule has 0 bridgehead atoms. The monoisotopic (exact) mass is 259 g/mol. The molecule has 4 nitrogen and oxygen atoms in total. The minimum Gasteiger partial charge on any atom is -0.325 e. The van der Waals surface area contributed by atoms with Crippen molar-refractivity contribution in [2.75, 3.05) is 5.32 Å². The van der Waals surface area contributed by atoms with Crippen LogP contribution in [0.4, 0.5) is 18.9 Å². The van der Waals surface area contributed by atoms with Crippen molar-refractivity contribution >= 4 is 11.6 Å². The number of hydrogen-bond acceptors (Lipinski definition) is 3. The lowest BCUT2D eigenvalue weighted by Gasteiger charge is -2.10. The van der Waals surface area contributed by atoms with Gasteiger partial charge in [0.1, 0.15) is 5.69 Å². The van der Waals surface area contributed by atoms with E-state index in [-0.39, 0.29) is 18.0 Å². The molecule has 1 aromatic heterocycles. The molecular formula is C11H12F3N3O. The molecule has 0 atom stereocenters. The third-order valence-corrected chi connectivity index (χ3v) is 2.74. The third-order valence-electron chi connectivity index (χ3n) is 2.74. The van der Waals surface area contributed by atoms with Crippen LogP contribution in [0, 0.1) is 0 Å². The molecule has 2 rings (SSSR count). The Hall–Kier alpha value is -1.63. The van der Waals surface area contributed by atoms with E-state index >= 15 is 0 Å². The molecular weight excluding hydrogens is 247 g/mol. The van der Waals surface area contributed by atoms with Crippen molar-refractivity contribution in [3.8, 4) is 0 Å². The smallest absolute Gasteiger partial charge is 0.325 e. The zero-order valence-electron chi connectivity index (χ0n) is 9.42. The van der Waals surface area contributed by atoms with E-state index in [0.29, 0.717) is 0 Å². The number of halogens is 3. The highest BCUT2D eigenvalue weighted by Crippen LogP contribution is 2.35. The molecule has 0 aliphatic heterocycles. The van der Waals surface area contributed by atoms with E-state index in [2.05, 4.69) is 10.3 Å². The van der Waals surface area contributed by atoms with Gasteiger partial charge in [-0.2, -0.15) is 13.2 Å². The molecule has 98 valence electrons. The molecule has 1 saturated carbocycles. The largest absolute Gasteiger partial charge is 0.433 e. The van der Waals surface area contributed by atoms with Gasteiger partial charge in [0.25, 0.3) is 0 Å². The van der Waals surface area contributed by atoms with Crippen LogP contribution in [0.2, 0.25) is 0 Å². The molecule has 0 spiro atoms. The lowest BCUT2D eigenvalue weighted by atomic mass is 10.2. The molecule has 0 aromatic carbocycles. The van der Waals surface area contributed by atoms with Crippen LogP contribution in [0.15, 0.2) is 18.3 Å². The van der Waals surface area contributed by atoms with Crippen LogP contribution in [0.1, 0.15) is 25.0 Å². The lowest BCUT2D eigenvalue weighted by Crippen LogP contribution is -2.28. The Labute approximate surface area is 101 Å². The van der Waals surface area contributed by atoms with Gasteiger partial charge in [-0.3, -0.25) is 4.79 Å². The number of rotatable bonds is 3. The summed E-state index contributed by atoms with van der Waals surface area (Å²) in [5, 5.41) is 2.47. The fraction of sp³-hybridized carbons (Fsp3) is 0.455. The highest BCUT2D eigenvalue weighted by molar-refractivity contribution is 5.91. The fourth-order valence-corrected chi connectivity index (χ4v) is 1.50. The van der Waals surface area contributed by atoms with Gasteiger partial charge in [0.15, 0.2) is 0 Å². The average Bonchev–Trinajstić information content (AvgIpc) is 2.95. The summed E-state index contributed by atoms with van der Waals surface area (Å²) in [6.07, 6.45) is -1.72. The number of pyridine rings is 1. The van der Waals surface area contributed by atoms with Crippen molar-refractivity contribution in [3.63, 3.8) is 0 Å². The Bertz CT molecular complexity index is 452. The number of nitrogens with two attached hydrogens (primary N) is 1. The van der Waals surface area contributed by atoms with Crippen LogP contribution in [0.25, 0.3) is 0 Å². The third kappa shape index (κ3) is 3.19. The molecule has 1 aromatic rings. The Morgan fingerprint density at radius 1 is 1.44 bits per heavy atom. The quantitative estimate of drug-likeness (QED) is 0.871. The second-order valence-electron chi connectivity index (χ2n) is 4.52. The minimum atomic E-state index is -4.47. The summed E-state index contributed by atoms with van der Waals surface area (Å²) in [6.45, 7) is 0. The summed E-state index contributed by atoms with van der Waals surface area (Å²) >= 11 is 0. The molecule has 0 saturated heterocycles. The van der Waals surface area contributed by atoms with Crippen LogP contribution in [-0.4, -0.2) is 16.4 Å². The van der Waals surface area contributed by atoms with Gasteiger partial charge in [0.05, 0.1) is 11.9 Å². The number of aromatic nitrogens is 1. The summed E-state index contributed by atoms with van der Waals surface area (Å²) in [7, 11) is 0. The first-order chi connectivity index (χ1) is 8.28. The van der Waals surface area contributed by atoms with E-state index < -0.39 is 17.4 Å². The maximum Gasteiger partial charge on any atom is 0.433 e. The first-order valence-corrected chi connectivity index (χ1v) is 5.41. The normalized spacial score (nSPS) is 17.3. The van der Waals surface area contributed by atoms with Gasteiger partial charge in [-0.05, 0) is 25.0 Å². The van der Waals surface area contributed by atoms with Gasteiger partial charge in [-0.25, -0.2) is 4.98 Å². The Morgan fingerprint density at radius 2 is 2.11 bits per heavy atom. The topological polar surface area (TPSA) is 68.0 Å². The SMILES string of the molecule is NC1(CC(=O)Nc2ccc(C(F)(F)F)nc2)CC1. The zero-order valence-corrected chi connectivity index (χ0v) is 9.42. The maximum atomic E-state index is 12.2. The van der Waals surface area contributed by atoms with Gasteiger partial charge in [0, 0.05) is 12.0 Å². The van der Waals surface area contributed by atoms with E-state index in [9.17, 15) is 18.0 Å². The highest BCUT2D eigenvalue weighted by atomic mass is 19.4. The van der Waals surface area contributed by atoms with Gasteiger partial charge in [-0.15, -0.1) is 0 Å². The Morgan fingerprint density at radius 3 is 2.56 bits per heavy atom. The first-order valence-electron chi connectivity index (χ1n) is 5.41. The molecule has 3 N–H and O–H groups in total. The van der Waals surface area contributed by atoms with Crippen LogP contribution < -0.4 is 11.1 Å². The lowest BCUT2D eigenvalue weighted by molar-refractivity contribution is -0.141. The van der Waals surface area contributed by atoms with Crippen molar-refractivity contribution in [1.29, 1.82) is 0 Å². The zero-order chi connectivity index (χ0) is 13.4. The number of hydrogen-bond donors (Lipinski definition) is 2. The van der Waals surface area contributed by atoms with Crippen molar-refractivity contribution in [1.82, 2.24) is 4.98 Å². The maximum absolute atomic E-state index is 12.2. The van der Waals surface area contributed by atoms with Crippen molar-refractivity contribution in [2.45, 2.75) is 31.0 Å². The van der Waals surface area contributed by atoms with Crippen molar-refractivity contribution < 1.29 is 18.0 Å². The minimum absolute atomic E-state index is 0.175. The molecule has 1 fully saturated rings. The van der Waals surface area contributed by atoms with Gasteiger partial charge in [-0.1, -0.05) is 0 Å². The summed E-state index contributed by atoms with van der Waals surface area (Å²) in [5.74, 6) is -0.309. The molecule has 1 aliphatic rings. The second-order valence-corrected chi connectivity index (χ2v) is 4.52.